The van der Waals surface area contributed by atoms with E-state index in [1.807, 2.05) is 6.07 Å². The number of unbranched alkanes of at least 4 members (excludes halogenated alkanes) is 1. The Bertz CT molecular complexity index is 1140. The van der Waals surface area contributed by atoms with E-state index in [1.54, 1.807) is 50.2 Å². The van der Waals surface area contributed by atoms with Gasteiger partial charge in [0.2, 0.25) is 0 Å². The van der Waals surface area contributed by atoms with Gasteiger partial charge in [-0.15, -0.1) is 0 Å². The summed E-state index contributed by atoms with van der Waals surface area (Å²) in [7, 11) is 0. The van der Waals surface area contributed by atoms with Gasteiger partial charge in [-0.25, -0.2) is 4.79 Å². The maximum Gasteiger partial charge on any atom is 0.343 e. The van der Waals surface area contributed by atoms with E-state index in [2.05, 4.69) is 6.92 Å². The minimum atomic E-state index is -1.41. The number of primary amides is 1. The van der Waals surface area contributed by atoms with Crippen molar-refractivity contribution in [3.8, 4) is 22.6 Å². The second-order valence-corrected chi connectivity index (χ2v) is 7.82. The van der Waals surface area contributed by atoms with Crippen LogP contribution in [-0.4, -0.2) is 24.2 Å². The van der Waals surface area contributed by atoms with E-state index in [1.165, 1.54) is 0 Å². The fraction of sp³-hybridized carbons (Fsp3) is 0.333. The van der Waals surface area contributed by atoms with Crippen molar-refractivity contribution in [3.63, 3.8) is 0 Å². The smallest absolute Gasteiger partial charge is 0.343 e. The van der Waals surface area contributed by atoms with E-state index < -0.39 is 17.1 Å². The highest BCUT2D eigenvalue weighted by Gasteiger charge is 2.28. The van der Waals surface area contributed by atoms with Crippen LogP contribution in [-0.2, 0) is 10.4 Å². The molecule has 7 heteroatoms. The highest BCUT2D eigenvalue weighted by atomic mass is 16.5. The Morgan fingerprint density at radius 2 is 1.81 bits per heavy atom. The lowest BCUT2D eigenvalue weighted by Crippen LogP contribution is -2.21. The number of carbonyl (C=O) groups excluding carboxylic acids is 1. The van der Waals surface area contributed by atoms with Crippen LogP contribution < -0.4 is 20.8 Å². The summed E-state index contributed by atoms with van der Waals surface area (Å²) in [5.74, 6) is 0.337. The van der Waals surface area contributed by atoms with Gasteiger partial charge in [0.15, 0.2) is 18.1 Å². The van der Waals surface area contributed by atoms with Gasteiger partial charge >= 0.3 is 5.63 Å². The zero-order chi connectivity index (χ0) is 22.6. The van der Waals surface area contributed by atoms with E-state index in [4.69, 9.17) is 19.6 Å². The molecule has 0 saturated heterocycles. The van der Waals surface area contributed by atoms with Gasteiger partial charge in [-0.05, 0) is 44.0 Å². The Morgan fingerprint density at radius 1 is 1.10 bits per heavy atom. The van der Waals surface area contributed by atoms with Crippen LogP contribution in [0.2, 0.25) is 0 Å². The maximum absolute atomic E-state index is 12.5. The van der Waals surface area contributed by atoms with Crippen molar-refractivity contribution in [2.45, 2.75) is 39.2 Å². The minimum Gasteiger partial charge on any atom is -0.490 e. The van der Waals surface area contributed by atoms with Crippen LogP contribution in [0.15, 0.2) is 51.7 Å². The number of hydrogen-bond donors (Lipinski definition) is 2. The predicted molar refractivity (Wildman–Crippen MR) is 118 cm³/mol. The Balaban J connectivity index is 2.21. The maximum atomic E-state index is 12.5. The lowest BCUT2D eigenvalue weighted by atomic mass is 9.92. The summed E-state index contributed by atoms with van der Waals surface area (Å²) < 4.78 is 16.9. The van der Waals surface area contributed by atoms with Crippen molar-refractivity contribution in [2.24, 2.45) is 5.73 Å². The molecular formula is C24H27NO6. The minimum absolute atomic E-state index is 0.136. The van der Waals surface area contributed by atoms with Crippen LogP contribution >= 0.6 is 0 Å². The molecule has 7 nitrogen and oxygen atoms in total. The third-order valence-electron chi connectivity index (χ3n) is 4.75. The third-order valence-corrected chi connectivity index (χ3v) is 4.75. The normalized spacial score (nSPS) is 11.5. The number of rotatable bonds is 9. The highest BCUT2D eigenvalue weighted by Crippen LogP contribution is 2.40. The molecule has 0 aliphatic rings. The number of fused-ring (bicyclic) bond motifs is 1. The van der Waals surface area contributed by atoms with Crippen LogP contribution in [0.25, 0.3) is 21.9 Å². The quantitative estimate of drug-likeness (QED) is 0.505. The lowest BCUT2D eigenvalue weighted by molar-refractivity contribution is -0.119. The van der Waals surface area contributed by atoms with E-state index in [9.17, 15) is 14.7 Å². The molecule has 0 bridgehead atoms. The monoisotopic (exact) mass is 425 g/mol. The second kappa shape index (κ2) is 9.22. The molecule has 0 atom stereocenters. The molecule has 1 amide bonds. The average molecular weight is 425 g/mol. The summed E-state index contributed by atoms with van der Waals surface area (Å²) in [6.07, 6.45) is 1.84. The number of hydrogen-bond acceptors (Lipinski definition) is 6. The molecule has 3 rings (SSSR count). The molecule has 0 aliphatic carbocycles. The Hall–Kier alpha value is -3.32. The molecule has 3 aromatic rings. The lowest BCUT2D eigenvalue weighted by Gasteiger charge is -2.22. The molecule has 1 aromatic heterocycles. The Labute approximate surface area is 180 Å². The summed E-state index contributed by atoms with van der Waals surface area (Å²) in [6.45, 7) is 5.35. The van der Waals surface area contributed by atoms with Gasteiger partial charge in [0.1, 0.15) is 11.4 Å². The van der Waals surface area contributed by atoms with Crippen LogP contribution in [0.4, 0.5) is 0 Å². The largest absolute Gasteiger partial charge is 0.490 e. The van der Waals surface area contributed by atoms with Crippen LogP contribution in [0.5, 0.6) is 11.5 Å². The first kappa shape index (κ1) is 22.4. The number of carbonyl (C=O) groups is 1. The van der Waals surface area contributed by atoms with Gasteiger partial charge in [0, 0.05) is 10.9 Å². The van der Waals surface area contributed by atoms with Gasteiger partial charge < -0.3 is 24.7 Å². The SMILES string of the molecule is CCCCOc1ccc(-c2c(C(C)(C)O)oc(=O)c3ccccc23)cc1OCC(N)=O. The van der Waals surface area contributed by atoms with Gasteiger partial charge in [-0.2, -0.15) is 0 Å². The standard InChI is InChI=1S/C24H27NO6/c1-4-5-12-29-18-11-10-15(13-19(18)30-14-20(25)26)21-16-8-6-7-9-17(16)23(27)31-22(21)24(2,3)28/h6-11,13,28H,4-5,12,14H2,1-3H3,(H2,25,26). The van der Waals surface area contributed by atoms with Crippen LogP contribution in [0.3, 0.4) is 0 Å². The molecule has 1 heterocycles. The summed E-state index contributed by atoms with van der Waals surface area (Å²) in [6, 6.07) is 12.3. The van der Waals surface area contributed by atoms with E-state index in [0.717, 1.165) is 12.8 Å². The molecule has 3 N–H and O–H groups in total. The molecule has 0 radical (unpaired) electrons. The summed E-state index contributed by atoms with van der Waals surface area (Å²) in [5, 5.41) is 11.7. The van der Waals surface area contributed by atoms with Crippen molar-refractivity contribution in [1.29, 1.82) is 0 Å². The number of aliphatic hydroxyl groups is 1. The molecule has 0 fully saturated rings. The zero-order valence-corrected chi connectivity index (χ0v) is 17.9. The van der Waals surface area contributed by atoms with Crippen LogP contribution in [0.1, 0.15) is 39.4 Å². The molecule has 2 aromatic carbocycles. The number of ether oxygens (including phenoxy) is 2. The topological polar surface area (TPSA) is 112 Å². The third kappa shape index (κ3) is 5.06. The summed E-state index contributed by atoms with van der Waals surface area (Å²) in [5.41, 5.74) is 4.51. The Kier molecular flexibility index (Phi) is 6.65. The molecule has 0 unspecified atom stereocenters. The fourth-order valence-electron chi connectivity index (χ4n) is 3.29. The first-order chi connectivity index (χ1) is 14.7. The first-order valence-electron chi connectivity index (χ1n) is 10.2. The Morgan fingerprint density at radius 3 is 2.45 bits per heavy atom. The summed E-state index contributed by atoms with van der Waals surface area (Å²) in [4.78, 5) is 23.8. The summed E-state index contributed by atoms with van der Waals surface area (Å²) >= 11 is 0. The molecule has 31 heavy (non-hydrogen) atoms. The molecular weight excluding hydrogens is 398 g/mol. The van der Waals surface area contributed by atoms with Gasteiger partial charge in [-0.1, -0.05) is 37.6 Å². The van der Waals surface area contributed by atoms with Crippen molar-refractivity contribution >= 4 is 16.7 Å². The van der Waals surface area contributed by atoms with E-state index in [-0.39, 0.29) is 12.4 Å². The van der Waals surface area contributed by atoms with Crippen LogP contribution in [0, 0.1) is 0 Å². The number of nitrogens with two attached hydrogens (primary N) is 1. The second-order valence-electron chi connectivity index (χ2n) is 7.82. The number of benzene rings is 2. The van der Waals surface area contributed by atoms with Gasteiger partial charge in [0.05, 0.1) is 12.0 Å². The van der Waals surface area contributed by atoms with E-state index >= 15 is 0 Å². The average Bonchev–Trinajstić information content (AvgIpc) is 2.72. The zero-order valence-electron chi connectivity index (χ0n) is 17.9. The van der Waals surface area contributed by atoms with Crippen molar-refractivity contribution < 1.29 is 23.8 Å². The molecule has 0 saturated carbocycles. The van der Waals surface area contributed by atoms with Crippen molar-refractivity contribution in [3.05, 3.63) is 58.6 Å². The first-order valence-corrected chi connectivity index (χ1v) is 10.2. The predicted octanol–water partition coefficient (Wildman–Crippen LogP) is 3.73. The molecule has 164 valence electrons. The van der Waals surface area contributed by atoms with Gasteiger partial charge in [-0.3, -0.25) is 4.79 Å². The van der Waals surface area contributed by atoms with Crippen molar-refractivity contribution in [1.82, 2.24) is 0 Å². The molecule has 0 spiro atoms. The van der Waals surface area contributed by atoms with Gasteiger partial charge in [0.25, 0.3) is 5.91 Å². The molecule has 0 aliphatic heterocycles. The number of amides is 1. The van der Waals surface area contributed by atoms with E-state index in [0.29, 0.717) is 40.0 Å². The highest BCUT2D eigenvalue weighted by molar-refractivity contribution is 5.97. The fourth-order valence-corrected chi connectivity index (χ4v) is 3.29. The van der Waals surface area contributed by atoms with Crippen molar-refractivity contribution in [2.75, 3.05) is 13.2 Å².